The summed E-state index contributed by atoms with van der Waals surface area (Å²) < 4.78 is 5.15. The molecule has 0 bridgehead atoms. The maximum Gasteiger partial charge on any atom is 0.412 e. The van der Waals surface area contributed by atoms with Crippen LogP contribution in [0, 0.1) is 0 Å². The molecule has 1 unspecified atom stereocenters. The molecule has 20 heavy (non-hydrogen) atoms. The molecule has 0 radical (unpaired) electrons. The van der Waals surface area contributed by atoms with Crippen molar-refractivity contribution < 1.29 is 14.6 Å². The minimum Gasteiger partial charge on any atom is -0.444 e. The molecule has 5 nitrogen and oxygen atoms in total. The summed E-state index contributed by atoms with van der Waals surface area (Å²) in [5, 5.41) is 12.8. The molecule has 0 aromatic heterocycles. The van der Waals surface area contributed by atoms with E-state index in [0.29, 0.717) is 29.2 Å². The van der Waals surface area contributed by atoms with E-state index in [9.17, 15) is 9.90 Å². The Hall–Kier alpha value is -1.30. The first-order valence-corrected chi connectivity index (χ1v) is 6.78. The van der Waals surface area contributed by atoms with Crippen LogP contribution in [0.5, 0.6) is 0 Å². The normalized spacial score (nSPS) is 12.9. The van der Waals surface area contributed by atoms with Crippen molar-refractivity contribution in [3.05, 3.63) is 28.8 Å². The van der Waals surface area contributed by atoms with E-state index < -0.39 is 17.8 Å². The van der Waals surface area contributed by atoms with Crippen LogP contribution in [0.15, 0.2) is 18.2 Å². The molecule has 1 atom stereocenters. The molecule has 0 heterocycles. The van der Waals surface area contributed by atoms with E-state index in [-0.39, 0.29) is 0 Å². The highest BCUT2D eigenvalue weighted by molar-refractivity contribution is 6.33. The summed E-state index contributed by atoms with van der Waals surface area (Å²) in [7, 11) is 0. The number of hydrogen-bond donors (Lipinski definition) is 3. The number of nitrogens with one attached hydrogen (secondary N) is 1. The van der Waals surface area contributed by atoms with Crippen LogP contribution >= 0.6 is 11.6 Å². The fourth-order valence-corrected chi connectivity index (χ4v) is 1.75. The van der Waals surface area contributed by atoms with Gasteiger partial charge in [0.15, 0.2) is 0 Å². The number of carbonyl (C=O) groups is 1. The monoisotopic (exact) mass is 300 g/mol. The Morgan fingerprint density at radius 2 is 2.15 bits per heavy atom. The summed E-state index contributed by atoms with van der Waals surface area (Å²) in [5.74, 6) is 0. The molecule has 0 spiro atoms. The van der Waals surface area contributed by atoms with Gasteiger partial charge in [-0.15, -0.1) is 0 Å². The molecule has 0 aliphatic carbocycles. The predicted octanol–water partition coefficient (Wildman–Crippen LogP) is 3.07. The van der Waals surface area contributed by atoms with Crippen LogP contribution in [-0.4, -0.2) is 23.3 Å². The Kier molecular flexibility index (Phi) is 5.80. The lowest BCUT2D eigenvalue weighted by molar-refractivity contribution is 0.0636. The van der Waals surface area contributed by atoms with Gasteiger partial charge in [-0.3, -0.25) is 5.32 Å². The molecule has 0 aliphatic heterocycles. The smallest absolute Gasteiger partial charge is 0.412 e. The lowest BCUT2D eigenvalue weighted by atomic mass is 10.1. The molecule has 4 N–H and O–H groups in total. The van der Waals surface area contributed by atoms with Crippen molar-refractivity contribution in [2.45, 2.75) is 38.9 Å². The Bertz CT molecular complexity index is 472. The fraction of sp³-hybridized carbons (Fsp3) is 0.500. The van der Waals surface area contributed by atoms with Gasteiger partial charge in [-0.1, -0.05) is 17.7 Å². The van der Waals surface area contributed by atoms with Crippen molar-refractivity contribution in [3.63, 3.8) is 0 Å². The van der Waals surface area contributed by atoms with E-state index in [1.807, 2.05) is 0 Å². The van der Waals surface area contributed by atoms with Gasteiger partial charge in [-0.2, -0.15) is 0 Å². The number of anilines is 1. The number of rotatable bonds is 4. The van der Waals surface area contributed by atoms with Crippen LogP contribution in [0.2, 0.25) is 5.02 Å². The summed E-state index contributed by atoms with van der Waals surface area (Å²) in [6, 6.07) is 4.93. The first-order chi connectivity index (χ1) is 9.23. The molecule has 6 heteroatoms. The molecule has 112 valence electrons. The zero-order valence-electron chi connectivity index (χ0n) is 11.9. The number of ether oxygens (including phenoxy) is 1. The highest BCUT2D eigenvalue weighted by atomic mass is 35.5. The maximum absolute atomic E-state index is 11.7. The van der Waals surface area contributed by atoms with Crippen molar-refractivity contribution >= 4 is 23.4 Å². The molecule has 0 saturated heterocycles. The topological polar surface area (TPSA) is 84.6 Å². The lowest BCUT2D eigenvalue weighted by Gasteiger charge is -2.20. The minimum atomic E-state index is -0.684. The minimum absolute atomic E-state index is 0.374. The second kappa shape index (κ2) is 6.92. The van der Waals surface area contributed by atoms with Crippen LogP contribution in [0.4, 0.5) is 10.5 Å². The van der Waals surface area contributed by atoms with Gasteiger partial charge in [-0.05, 0) is 51.4 Å². The predicted molar refractivity (Wildman–Crippen MR) is 79.9 cm³/mol. The first-order valence-electron chi connectivity index (χ1n) is 6.40. The van der Waals surface area contributed by atoms with E-state index >= 15 is 0 Å². The molecule has 0 saturated carbocycles. The number of aliphatic hydroxyl groups is 1. The number of aliphatic hydroxyl groups excluding tert-OH is 1. The van der Waals surface area contributed by atoms with Crippen LogP contribution in [0.3, 0.4) is 0 Å². The average molecular weight is 301 g/mol. The molecular weight excluding hydrogens is 280 g/mol. The number of amides is 1. The summed E-state index contributed by atoms with van der Waals surface area (Å²) in [4.78, 5) is 11.7. The molecule has 1 amide bonds. The molecule has 1 aromatic rings. The van der Waals surface area contributed by atoms with Crippen molar-refractivity contribution in [3.8, 4) is 0 Å². The Morgan fingerprint density at radius 1 is 1.50 bits per heavy atom. The number of nitrogens with two attached hydrogens (primary N) is 1. The van der Waals surface area contributed by atoms with E-state index in [2.05, 4.69) is 5.32 Å². The lowest BCUT2D eigenvalue weighted by Crippen LogP contribution is -2.27. The zero-order valence-corrected chi connectivity index (χ0v) is 12.7. The van der Waals surface area contributed by atoms with Crippen molar-refractivity contribution in [2.75, 3.05) is 11.9 Å². The average Bonchev–Trinajstić information content (AvgIpc) is 2.29. The van der Waals surface area contributed by atoms with E-state index in [4.69, 9.17) is 22.1 Å². The highest BCUT2D eigenvalue weighted by Crippen LogP contribution is 2.27. The number of hydrogen-bond acceptors (Lipinski definition) is 4. The molecule has 1 aromatic carbocycles. The van der Waals surface area contributed by atoms with E-state index in [1.165, 1.54) is 0 Å². The molecule has 0 fully saturated rings. The molecular formula is C14H21ClN2O3. The highest BCUT2D eigenvalue weighted by Gasteiger charge is 2.17. The van der Waals surface area contributed by atoms with Crippen LogP contribution in [0.25, 0.3) is 0 Å². The third kappa shape index (κ3) is 5.36. The third-order valence-corrected chi connectivity index (χ3v) is 2.78. The van der Waals surface area contributed by atoms with Gasteiger partial charge in [0, 0.05) is 0 Å². The van der Waals surface area contributed by atoms with Crippen molar-refractivity contribution in [2.24, 2.45) is 5.73 Å². The van der Waals surface area contributed by atoms with Crippen molar-refractivity contribution in [1.29, 1.82) is 0 Å². The second-order valence-electron chi connectivity index (χ2n) is 5.46. The van der Waals surface area contributed by atoms with E-state index in [0.717, 1.165) is 0 Å². The van der Waals surface area contributed by atoms with E-state index in [1.54, 1.807) is 39.0 Å². The summed E-state index contributed by atoms with van der Waals surface area (Å²) in [6.07, 6.45) is -0.839. The molecule has 0 aliphatic rings. The largest absolute Gasteiger partial charge is 0.444 e. The van der Waals surface area contributed by atoms with Gasteiger partial charge < -0.3 is 15.6 Å². The van der Waals surface area contributed by atoms with Crippen molar-refractivity contribution in [1.82, 2.24) is 0 Å². The Balaban J connectivity index is 2.84. The standard InChI is InChI=1S/C14H21ClN2O3/c1-14(2,3)20-13(19)17-11-8-9(4-5-10(11)15)12(18)6-7-16/h4-5,8,12,18H,6-7,16H2,1-3H3,(H,17,19). The van der Waals surface area contributed by atoms with Gasteiger partial charge in [0.25, 0.3) is 0 Å². The van der Waals surface area contributed by atoms with Crippen LogP contribution in [0.1, 0.15) is 38.9 Å². The van der Waals surface area contributed by atoms with Gasteiger partial charge in [0.05, 0.1) is 16.8 Å². The second-order valence-corrected chi connectivity index (χ2v) is 5.87. The quantitative estimate of drug-likeness (QED) is 0.798. The van der Waals surface area contributed by atoms with Crippen LogP contribution < -0.4 is 11.1 Å². The van der Waals surface area contributed by atoms with Gasteiger partial charge >= 0.3 is 6.09 Å². The maximum atomic E-state index is 11.7. The zero-order chi connectivity index (χ0) is 15.3. The molecule has 1 rings (SSSR count). The number of benzene rings is 1. The number of halogens is 1. The fourth-order valence-electron chi connectivity index (χ4n) is 1.58. The SMILES string of the molecule is CC(C)(C)OC(=O)Nc1cc(C(O)CCN)ccc1Cl. The Morgan fingerprint density at radius 3 is 2.70 bits per heavy atom. The summed E-state index contributed by atoms with van der Waals surface area (Å²) in [6.45, 7) is 5.69. The summed E-state index contributed by atoms with van der Waals surface area (Å²) in [5.41, 5.74) is 5.86. The van der Waals surface area contributed by atoms with Gasteiger partial charge in [0.1, 0.15) is 5.60 Å². The Labute approximate surface area is 124 Å². The van der Waals surface area contributed by atoms with Gasteiger partial charge in [0.2, 0.25) is 0 Å². The number of carbonyl (C=O) groups excluding carboxylic acids is 1. The first kappa shape index (κ1) is 16.8. The van der Waals surface area contributed by atoms with Crippen LogP contribution in [-0.2, 0) is 4.74 Å². The third-order valence-electron chi connectivity index (χ3n) is 2.45. The summed E-state index contributed by atoms with van der Waals surface area (Å²) >= 11 is 6.02. The van der Waals surface area contributed by atoms with Gasteiger partial charge in [-0.25, -0.2) is 4.79 Å².